The zero-order valence-corrected chi connectivity index (χ0v) is 10.5. The van der Waals surface area contributed by atoms with Crippen molar-refractivity contribution in [2.24, 2.45) is 11.7 Å². The molecule has 0 radical (unpaired) electrons. The van der Waals surface area contributed by atoms with Crippen molar-refractivity contribution in [3.05, 3.63) is 0 Å². The molecule has 0 amide bonds. The number of nitrogens with two attached hydrogens (primary N) is 1. The Balaban J connectivity index is 3.09. The van der Waals surface area contributed by atoms with Crippen molar-refractivity contribution in [1.82, 2.24) is 0 Å². The summed E-state index contributed by atoms with van der Waals surface area (Å²) in [7, 11) is 1.69. The molecule has 2 N–H and O–H groups in total. The van der Waals surface area contributed by atoms with Crippen LogP contribution in [0, 0.1) is 5.92 Å². The molecule has 15 heavy (non-hydrogen) atoms. The largest absolute Gasteiger partial charge is 0.382 e. The zero-order chi connectivity index (χ0) is 11.5. The molecule has 3 nitrogen and oxygen atoms in total. The van der Waals surface area contributed by atoms with Gasteiger partial charge in [0.25, 0.3) is 0 Å². The lowest BCUT2D eigenvalue weighted by atomic mass is 10.00. The Morgan fingerprint density at radius 2 is 1.80 bits per heavy atom. The minimum absolute atomic E-state index is 0.365. The summed E-state index contributed by atoms with van der Waals surface area (Å²) in [5.74, 6) is 0.706. The minimum atomic E-state index is 0.365. The highest BCUT2D eigenvalue weighted by molar-refractivity contribution is 4.63. The molecule has 0 rings (SSSR count). The molecule has 0 aromatic carbocycles. The lowest BCUT2D eigenvalue weighted by molar-refractivity contribution is 0.0684. The fourth-order valence-electron chi connectivity index (χ4n) is 1.58. The van der Waals surface area contributed by atoms with Crippen LogP contribution in [0.15, 0.2) is 0 Å². The second-order valence-electron chi connectivity index (χ2n) is 4.49. The Labute approximate surface area is 94.3 Å². The molecule has 92 valence electrons. The van der Waals surface area contributed by atoms with Gasteiger partial charge in [-0.1, -0.05) is 13.8 Å². The summed E-state index contributed by atoms with van der Waals surface area (Å²) in [6.45, 7) is 6.65. The first-order chi connectivity index (χ1) is 7.16. The van der Waals surface area contributed by atoms with E-state index < -0.39 is 0 Å². The van der Waals surface area contributed by atoms with Crippen molar-refractivity contribution < 1.29 is 9.47 Å². The Bertz CT molecular complexity index is 129. The first-order valence-electron chi connectivity index (χ1n) is 5.99. The van der Waals surface area contributed by atoms with E-state index in [1.807, 2.05) is 0 Å². The maximum Gasteiger partial charge on any atom is 0.0700 e. The molecule has 0 spiro atoms. The van der Waals surface area contributed by atoms with E-state index in [0.29, 0.717) is 25.2 Å². The molecule has 0 aliphatic heterocycles. The predicted molar refractivity (Wildman–Crippen MR) is 64.0 cm³/mol. The van der Waals surface area contributed by atoms with Crippen LogP contribution in [0.5, 0.6) is 0 Å². The van der Waals surface area contributed by atoms with Gasteiger partial charge >= 0.3 is 0 Å². The Morgan fingerprint density at radius 1 is 1.07 bits per heavy atom. The Hall–Kier alpha value is -0.120. The fraction of sp³-hybridized carbons (Fsp3) is 1.00. The molecule has 0 aliphatic carbocycles. The molecular formula is C12H27NO2. The molecule has 0 saturated carbocycles. The van der Waals surface area contributed by atoms with Gasteiger partial charge in [-0.15, -0.1) is 0 Å². The van der Waals surface area contributed by atoms with Crippen LogP contribution in [-0.2, 0) is 9.47 Å². The fourth-order valence-corrected chi connectivity index (χ4v) is 1.58. The average molecular weight is 217 g/mol. The standard InChI is InChI=1S/C12H27NO2/c1-11(2)10-12(13)6-4-5-7-15-9-8-14-3/h11-12H,4-10,13H2,1-3H3. The summed E-state index contributed by atoms with van der Waals surface area (Å²) in [6.07, 6.45) is 4.52. The molecule has 0 aromatic heterocycles. The van der Waals surface area contributed by atoms with E-state index in [-0.39, 0.29) is 0 Å². The predicted octanol–water partition coefficient (Wildman–Crippen LogP) is 2.19. The van der Waals surface area contributed by atoms with Gasteiger partial charge in [0, 0.05) is 19.8 Å². The smallest absolute Gasteiger partial charge is 0.0700 e. The minimum Gasteiger partial charge on any atom is -0.382 e. The lowest BCUT2D eigenvalue weighted by Crippen LogP contribution is -2.21. The normalized spacial score (nSPS) is 13.4. The van der Waals surface area contributed by atoms with Crippen molar-refractivity contribution in [3.63, 3.8) is 0 Å². The monoisotopic (exact) mass is 217 g/mol. The van der Waals surface area contributed by atoms with Gasteiger partial charge in [0.15, 0.2) is 0 Å². The second-order valence-corrected chi connectivity index (χ2v) is 4.49. The topological polar surface area (TPSA) is 44.5 Å². The number of methoxy groups -OCH3 is 1. The summed E-state index contributed by atoms with van der Waals surface area (Å²) in [4.78, 5) is 0. The van der Waals surface area contributed by atoms with Crippen LogP contribution >= 0.6 is 0 Å². The Morgan fingerprint density at radius 3 is 2.40 bits per heavy atom. The third kappa shape index (κ3) is 11.8. The molecule has 0 bridgehead atoms. The van der Waals surface area contributed by atoms with Crippen LogP contribution in [0.4, 0.5) is 0 Å². The van der Waals surface area contributed by atoms with Gasteiger partial charge in [-0.2, -0.15) is 0 Å². The van der Waals surface area contributed by atoms with Gasteiger partial charge in [-0.25, -0.2) is 0 Å². The lowest BCUT2D eigenvalue weighted by Gasteiger charge is -2.13. The highest BCUT2D eigenvalue weighted by atomic mass is 16.5. The van der Waals surface area contributed by atoms with E-state index in [2.05, 4.69) is 13.8 Å². The van der Waals surface area contributed by atoms with Gasteiger partial charge < -0.3 is 15.2 Å². The van der Waals surface area contributed by atoms with Crippen LogP contribution in [0.3, 0.4) is 0 Å². The van der Waals surface area contributed by atoms with Crippen LogP contribution in [-0.4, -0.2) is 33.0 Å². The SMILES string of the molecule is COCCOCCCCC(N)CC(C)C. The number of hydrogen-bond donors (Lipinski definition) is 1. The molecule has 0 saturated heterocycles. The van der Waals surface area contributed by atoms with Crippen molar-refractivity contribution in [1.29, 1.82) is 0 Å². The summed E-state index contributed by atoms with van der Waals surface area (Å²) in [5.41, 5.74) is 5.98. The molecule has 0 heterocycles. The van der Waals surface area contributed by atoms with Gasteiger partial charge in [0.05, 0.1) is 13.2 Å². The van der Waals surface area contributed by atoms with Gasteiger partial charge in [0.1, 0.15) is 0 Å². The number of unbranched alkanes of at least 4 members (excludes halogenated alkanes) is 1. The maximum absolute atomic E-state index is 5.98. The van der Waals surface area contributed by atoms with Crippen molar-refractivity contribution in [3.8, 4) is 0 Å². The molecule has 0 aliphatic rings. The van der Waals surface area contributed by atoms with E-state index in [1.54, 1.807) is 7.11 Å². The summed E-state index contributed by atoms with van der Waals surface area (Å²) in [5, 5.41) is 0. The maximum atomic E-state index is 5.98. The van der Waals surface area contributed by atoms with Crippen molar-refractivity contribution in [2.75, 3.05) is 26.9 Å². The van der Waals surface area contributed by atoms with Crippen LogP contribution in [0.1, 0.15) is 39.5 Å². The molecule has 0 aromatic rings. The molecule has 1 atom stereocenters. The van der Waals surface area contributed by atoms with Crippen molar-refractivity contribution >= 4 is 0 Å². The quantitative estimate of drug-likeness (QED) is 0.570. The van der Waals surface area contributed by atoms with E-state index in [9.17, 15) is 0 Å². The number of hydrogen-bond acceptors (Lipinski definition) is 3. The highest BCUT2D eigenvalue weighted by Gasteiger charge is 2.04. The van der Waals surface area contributed by atoms with Crippen LogP contribution in [0.25, 0.3) is 0 Å². The van der Waals surface area contributed by atoms with Gasteiger partial charge in [-0.3, -0.25) is 0 Å². The van der Waals surface area contributed by atoms with E-state index >= 15 is 0 Å². The molecule has 3 heteroatoms. The highest BCUT2D eigenvalue weighted by Crippen LogP contribution is 2.08. The van der Waals surface area contributed by atoms with Crippen LogP contribution < -0.4 is 5.73 Å². The van der Waals surface area contributed by atoms with Gasteiger partial charge in [0.2, 0.25) is 0 Å². The first-order valence-corrected chi connectivity index (χ1v) is 5.99. The van der Waals surface area contributed by atoms with E-state index in [0.717, 1.165) is 25.9 Å². The van der Waals surface area contributed by atoms with Crippen LogP contribution in [0.2, 0.25) is 0 Å². The third-order valence-electron chi connectivity index (χ3n) is 2.32. The van der Waals surface area contributed by atoms with E-state index in [4.69, 9.17) is 15.2 Å². The van der Waals surface area contributed by atoms with Crippen molar-refractivity contribution in [2.45, 2.75) is 45.6 Å². The first kappa shape index (κ1) is 14.9. The molecule has 0 fully saturated rings. The summed E-state index contributed by atoms with van der Waals surface area (Å²) < 4.78 is 10.3. The third-order valence-corrected chi connectivity index (χ3v) is 2.32. The average Bonchev–Trinajstić information content (AvgIpc) is 2.15. The summed E-state index contributed by atoms with van der Waals surface area (Å²) in [6, 6.07) is 0.365. The molecular weight excluding hydrogens is 190 g/mol. The van der Waals surface area contributed by atoms with E-state index in [1.165, 1.54) is 6.42 Å². The summed E-state index contributed by atoms with van der Waals surface area (Å²) >= 11 is 0. The number of rotatable bonds is 10. The molecule has 1 unspecified atom stereocenters. The van der Waals surface area contributed by atoms with Gasteiger partial charge in [-0.05, 0) is 31.6 Å². The second kappa shape index (κ2) is 10.4. The number of ether oxygens (including phenoxy) is 2. The Kier molecular flexibility index (Phi) is 10.3. The zero-order valence-electron chi connectivity index (χ0n) is 10.5.